The van der Waals surface area contributed by atoms with Gasteiger partial charge in [0.15, 0.2) is 0 Å². The van der Waals surface area contributed by atoms with Gasteiger partial charge in [0.25, 0.3) is 0 Å². The van der Waals surface area contributed by atoms with E-state index in [-0.39, 0.29) is 5.69 Å². The predicted octanol–water partition coefficient (Wildman–Crippen LogP) is 3.43. The minimum Gasteiger partial charge on any atom is -0.444 e. The van der Waals surface area contributed by atoms with Crippen LogP contribution >= 0.6 is 0 Å². The number of alkyl carbamates (subject to hydrolysis) is 1. The number of anilines is 1. The van der Waals surface area contributed by atoms with Gasteiger partial charge in [-0.15, -0.1) is 0 Å². The molecule has 1 aromatic rings. The van der Waals surface area contributed by atoms with E-state index in [9.17, 15) is 19.1 Å². The lowest BCUT2D eigenvalue weighted by Gasteiger charge is -2.34. The lowest BCUT2D eigenvalue weighted by Crippen LogP contribution is -2.49. The second-order valence-electron chi connectivity index (χ2n) is 7.62. The number of aliphatic hydroxyl groups is 1. The van der Waals surface area contributed by atoms with Gasteiger partial charge in [0, 0.05) is 18.2 Å². The van der Waals surface area contributed by atoms with Gasteiger partial charge in [0.1, 0.15) is 17.5 Å². The van der Waals surface area contributed by atoms with Gasteiger partial charge in [-0.25, -0.2) is 9.18 Å². The van der Waals surface area contributed by atoms with Crippen molar-refractivity contribution >= 4 is 17.7 Å². The highest BCUT2D eigenvalue weighted by Crippen LogP contribution is 2.33. The Morgan fingerprint density at radius 1 is 1.20 bits per heavy atom. The van der Waals surface area contributed by atoms with E-state index in [1.54, 1.807) is 41.5 Å². The fourth-order valence-corrected chi connectivity index (χ4v) is 2.25. The van der Waals surface area contributed by atoms with E-state index in [0.717, 1.165) is 6.07 Å². The largest absolute Gasteiger partial charge is 0.444 e. The summed E-state index contributed by atoms with van der Waals surface area (Å²) in [7, 11) is 0. The zero-order valence-corrected chi connectivity index (χ0v) is 15.8. The summed E-state index contributed by atoms with van der Waals surface area (Å²) in [6, 6.07) is 2.60. The van der Waals surface area contributed by atoms with Gasteiger partial charge in [-0.1, -0.05) is 0 Å². The molecule has 0 spiro atoms. The maximum Gasteiger partial charge on any atom is 0.408 e. The van der Waals surface area contributed by atoms with Crippen molar-refractivity contribution in [3.05, 3.63) is 29.1 Å². The topological polar surface area (TPSA) is 87.7 Å². The Kier molecular flexibility index (Phi) is 6.18. The second kappa shape index (κ2) is 7.39. The number of rotatable bonds is 4. The smallest absolute Gasteiger partial charge is 0.408 e. The van der Waals surface area contributed by atoms with E-state index >= 15 is 0 Å². The molecular formula is C18H27FN2O4. The van der Waals surface area contributed by atoms with Crippen molar-refractivity contribution in [2.75, 3.05) is 5.32 Å². The first-order valence-corrected chi connectivity index (χ1v) is 8.00. The molecule has 1 atom stereocenters. The highest BCUT2D eigenvalue weighted by Gasteiger charge is 2.34. The molecule has 0 saturated carbocycles. The van der Waals surface area contributed by atoms with Crippen molar-refractivity contribution in [1.29, 1.82) is 0 Å². The standard InChI is InChI=1S/C18H27FN2O4/c1-10-8-12(14(9-13(10)19)20-11(2)22)15(23)18(6,7)21-16(24)25-17(3,4)5/h8-9,15,23H,1-7H3,(H,20,22)(H,21,24). The Labute approximate surface area is 147 Å². The van der Waals surface area contributed by atoms with Gasteiger partial charge >= 0.3 is 6.09 Å². The second-order valence-corrected chi connectivity index (χ2v) is 7.62. The molecule has 0 aliphatic rings. The highest BCUT2D eigenvalue weighted by molar-refractivity contribution is 5.89. The van der Waals surface area contributed by atoms with Crippen LogP contribution in [-0.2, 0) is 9.53 Å². The molecule has 0 bridgehead atoms. The molecule has 0 radical (unpaired) electrons. The fraction of sp³-hybridized carbons (Fsp3) is 0.556. The quantitative estimate of drug-likeness (QED) is 0.773. The van der Waals surface area contributed by atoms with Crippen LogP contribution in [0.15, 0.2) is 12.1 Å². The minimum absolute atomic E-state index is 0.155. The predicted molar refractivity (Wildman–Crippen MR) is 93.8 cm³/mol. The van der Waals surface area contributed by atoms with Crippen LogP contribution in [0.25, 0.3) is 0 Å². The highest BCUT2D eigenvalue weighted by atomic mass is 19.1. The Bertz CT molecular complexity index is 666. The van der Waals surface area contributed by atoms with Crippen molar-refractivity contribution in [2.24, 2.45) is 0 Å². The van der Waals surface area contributed by atoms with Crippen LogP contribution in [0.5, 0.6) is 0 Å². The monoisotopic (exact) mass is 354 g/mol. The molecule has 7 heteroatoms. The maximum atomic E-state index is 13.8. The SMILES string of the molecule is CC(=O)Nc1cc(F)c(C)cc1C(O)C(C)(C)NC(=O)OC(C)(C)C. The molecular weight excluding hydrogens is 327 g/mol. The molecule has 2 amide bonds. The number of carbonyl (C=O) groups is 2. The molecule has 0 saturated heterocycles. The molecule has 0 aliphatic carbocycles. The van der Waals surface area contributed by atoms with Crippen LogP contribution in [0.1, 0.15) is 58.8 Å². The molecule has 6 nitrogen and oxygen atoms in total. The van der Waals surface area contributed by atoms with Crippen LogP contribution in [0.2, 0.25) is 0 Å². The maximum absolute atomic E-state index is 13.8. The van der Waals surface area contributed by atoms with Crippen molar-refractivity contribution in [3.8, 4) is 0 Å². The van der Waals surface area contributed by atoms with Crippen LogP contribution in [0, 0.1) is 12.7 Å². The minimum atomic E-state index is -1.21. The summed E-state index contributed by atoms with van der Waals surface area (Å²) in [5, 5.41) is 15.9. The van der Waals surface area contributed by atoms with Crippen molar-refractivity contribution < 1.29 is 23.8 Å². The molecule has 0 aromatic heterocycles. The van der Waals surface area contributed by atoms with Crippen LogP contribution < -0.4 is 10.6 Å². The number of ether oxygens (including phenoxy) is 1. The molecule has 0 aliphatic heterocycles. The average molecular weight is 354 g/mol. The average Bonchev–Trinajstić information content (AvgIpc) is 2.38. The van der Waals surface area contributed by atoms with Crippen molar-refractivity contribution in [2.45, 2.75) is 65.7 Å². The molecule has 1 unspecified atom stereocenters. The summed E-state index contributed by atoms with van der Waals surface area (Å²) in [6.07, 6.45) is -1.89. The Balaban J connectivity index is 3.15. The summed E-state index contributed by atoms with van der Waals surface area (Å²) >= 11 is 0. The van der Waals surface area contributed by atoms with E-state index in [1.807, 2.05) is 0 Å². The van der Waals surface area contributed by atoms with Gasteiger partial charge in [-0.3, -0.25) is 4.79 Å². The summed E-state index contributed by atoms with van der Waals surface area (Å²) in [6.45, 7) is 11.3. The molecule has 0 heterocycles. The number of halogens is 1. The molecule has 140 valence electrons. The zero-order chi connectivity index (χ0) is 19.6. The van der Waals surface area contributed by atoms with Gasteiger partial charge in [-0.2, -0.15) is 0 Å². The van der Waals surface area contributed by atoms with Gasteiger partial charge in [0.05, 0.1) is 5.54 Å². The molecule has 25 heavy (non-hydrogen) atoms. The van der Waals surface area contributed by atoms with E-state index in [0.29, 0.717) is 11.1 Å². The van der Waals surface area contributed by atoms with E-state index in [2.05, 4.69) is 10.6 Å². The number of benzene rings is 1. The molecule has 1 aromatic carbocycles. The summed E-state index contributed by atoms with van der Waals surface area (Å²) < 4.78 is 19.0. The van der Waals surface area contributed by atoms with E-state index in [1.165, 1.54) is 13.0 Å². The van der Waals surface area contributed by atoms with E-state index < -0.39 is 35.1 Å². The Morgan fingerprint density at radius 2 is 1.76 bits per heavy atom. The third-order valence-electron chi connectivity index (χ3n) is 3.44. The normalized spacial score (nSPS) is 13.2. The van der Waals surface area contributed by atoms with Crippen LogP contribution in [0.3, 0.4) is 0 Å². The Hall–Kier alpha value is -2.15. The van der Waals surface area contributed by atoms with E-state index in [4.69, 9.17) is 4.74 Å². The molecule has 1 rings (SSSR count). The lowest BCUT2D eigenvalue weighted by molar-refractivity contribution is -0.114. The van der Waals surface area contributed by atoms with Crippen molar-refractivity contribution in [3.63, 3.8) is 0 Å². The van der Waals surface area contributed by atoms with Gasteiger partial charge in [-0.05, 0) is 59.2 Å². The number of carbonyl (C=O) groups excluding carboxylic acids is 2. The number of nitrogens with one attached hydrogen (secondary N) is 2. The summed E-state index contributed by atoms with van der Waals surface area (Å²) in [5.41, 5.74) is -1.04. The Morgan fingerprint density at radius 3 is 2.24 bits per heavy atom. The number of hydrogen-bond donors (Lipinski definition) is 3. The number of aliphatic hydroxyl groups excluding tert-OH is 1. The summed E-state index contributed by atoms with van der Waals surface area (Å²) in [5.74, 6) is -0.896. The zero-order valence-electron chi connectivity index (χ0n) is 15.8. The van der Waals surface area contributed by atoms with Crippen LogP contribution in [-0.4, -0.2) is 28.2 Å². The first-order chi connectivity index (χ1) is 11.2. The van der Waals surface area contributed by atoms with Gasteiger partial charge in [0.2, 0.25) is 5.91 Å². The third kappa shape index (κ3) is 6.01. The lowest BCUT2D eigenvalue weighted by atomic mass is 9.89. The number of aryl methyl sites for hydroxylation is 1. The fourth-order valence-electron chi connectivity index (χ4n) is 2.25. The summed E-state index contributed by atoms with van der Waals surface area (Å²) in [4.78, 5) is 23.4. The number of amides is 2. The van der Waals surface area contributed by atoms with Crippen LogP contribution in [0.4, 0.5) is 14.9 Å². The number of hydrogen-bond acceptors (Lipinski definition) is 4. The first-order valence-electron chi connectivity index (χ1n) is 8.00. The third-order valence-corrected chi connectivity index (χ3v) is 3.44. The van der Waals surface area contributed by atoms with Crippen molar-refractivity contribution in [1.82, 2.24) is 5.32 Å². The molecule has 0 fully saturated rings. The van der Waals surface area contributed by atoms with Gasteiger partial charge < -0.3 is 20.5 Å². The molecule has 3 N–H and O–H groups in total. The first kappa shape index (κ1) is 20.9.